The fourth-order valence-corrected chi connectivity index (χ4v) is 2.27. The first-order valence-corrected chi connectivity index (χ1v) is 9.00. The molecule has 0 heterocycles. The molecule has 0 radical (unpaired) electrons. The summed E-state index contributed by atoms with van der Waals surface area (Å²) in [5.74, 6) is -3.27. The van der Waals surface area contributed by atoms with E-state index in [1.54, 1.807) is 6.92 Å². The molecule has 0 aromatic heterocycles. The Labute approximate surface area is 159 Å². The van der Waals surface area contributed by atoms with Crippen molar-refractivity contribution in [2.24, 2.45) is 17.6 Å². The maximum atomic E-state index is 12.5. The van der Waals surface area contributed by atoms with Gasteiger partial charge in [0.25, 0.3) is 0 Å². The summed E-state index contributed by atoms with van der Waals surface area (Å²) in [6, 6.07) is -3.14. The van der Waals surface area contributed by atoms with Crippen molar-refractivity contribution >= 4 is 23.7 Å². The van der Waals surface area contributed by atoms with Gasteiger partial charge in [0.15, 0.2) is 0 Å². The quantitative estimate of drug-likeness (QED) is 0.238. The second-order valence-electron chi connectivity index (χ2n) is 6.97. The molecule has 7 N–H and O–H groups in total. The molecule has 0 aliphatic carbocycles. The molecule has 0 saturated carbocycles. The van der Waals surface area contributed by atoms with E-state index in [0.29, 0.717) is 12.8 Å². The molecule has 0 aliphatic rings. The Balaban J connectivity index is 4.95. The summed E-state index contributed by atoms with van der Waals surface area (Å²) < 4.78 is 0. The second-order valence-corrected chi connectivity index (χ2v) is 6.97. The van der Waals surface area contributed by atoms with Gasteiger partial charge in [-0.2, -0.15) is 0 Å². The number of carbonyl (C=O) groups is 4. The van der Waals surface area contributed by atoms with Crippen molar-refractivity contribution in [2.45, 2.75) is 58.7 Å². The molecule has 4 atom stereocenters. The van der Waals surface area contributed by atoms with E-state index < -0.39 is 55.0 Å². The van der Waals surface area contributed by atoms with Crippen LogP contribution in [0.1, 0.15) is 40.5 Å². The third kappa shape index (κ3) is 9.34. The summed E-state index contributed by atoms with van der Waals surface area (Å²) >= 11 is 0. The van der Waals surface area contributed by atoms with Crippen molar-refractivity contribution in [3.8, 4) is 0 Å². The highest BCUT2D eigenvalue weighted by molar-refractivity contribution is 5.92. The second kappa shape index (κ2) is 12.2. The highest BCUT2D eigenvalue weighted by Crippen LogP contribution is 2.10. The van der Waals surface area contributed by atoms with Crippen molar-refractivity contribution in [1.29, 1.82) is 0 Å². The number of carboxylic acids is 1. The monoisotopic (exact) mass is 388 g/mol. The van der Waals surface area contributed by atoms with Crippen molar-refractivity contribution in [1.82, 2.24) is 16.0 Å². The average molecular weight is 388 g/mol. The number of nitrogens with two attached hydrogens (primary N) is 1. The van der Waals surface area contributed by atoms with E-state index in [0.717, 1.165) is 0 Å². The molecule has 156 valence electrons. The zero-order valence-corrected chi connectivity index (χ0v) is 16.3. The van der Waals surface area contributed by atoms with Crippen LogP contribution in [0.4, 0.5) is 0 Å². The van der Waals surface area contributed by atoms with Crippen LogP contribution in [0.15, 0.2) is 0 Å². The molecular weight excluding hydrogens is 356 g/mol. The van der Waals surface area contributed by atoms with Gasteiger partial charge >= 0.3 is 5.97 Å². The number of amides is 3. The molecule has 0 saturated heterocycles. The van der Waals surface area contributed by atoms with Gasteiger partial charge in [-0.1, -0.05) is 34.1 Å². The lowest BCUT2D eigenvalue weighted by Gasteiger charge is -2.25. The van der Waals surface area contributed by atoms with Crippen LogP contribution >= 0.6 is 0 Å². The minimum absolute atomic E-state index is 0.0605. The molecule has 0 aromatic rings. The normalized spacial score (nSPS) is 15.4. The number of carbonyl (C=O) groups excluding carboxylic acids is 3. The van der Waals surface area contributed by atoms with E-state index in [1.807, 2.05) is 20.8 Å². The minimum Gasteiger partial charge on any atom is -0.480 e. The predicted octanol–water partition coefficient (Wildman–Crippen LogP) is -1.43. The molecule has 0 aliphatic heterocycles. The van der Waals surface area contributed by atoms with Crippen LogP contribution < -0.4 is 21.7 Å². The van der Waals surface area contributed by atoms with Gasteiger partial charge in [0, 0.05) is 0 Å². The third-order valence-corrected chi connectivity index (χ3v) is 4.09. The smallest absolute Gasteiger partial charge is 0.326 e. The van der Waals surface area contributed by atoms with Crippen LogP contribution in [0.3, 0.4) is 0 Å². The highest BCUT2D eigenvalue weighted by Gasteiger charge is 2.30. The molecule has 4 unspecified atom stereocenters. The zero-order valence-electron chi connectivity index (χ0n) is 16.3. The number of hydrogen-bond acceptors (Lipinski definition) is 6. The summed E-state index contributed by atoms with van der Waals surface area (Å²) in [6.45, 7) is 6.28. The molecular formula is C17H32N4O6. The summed E-state index contributed by atoms with van der Waals surface area (Å²) in [5.41, 5.74) is 5.33. The lowest BCUT2D eigenvalue weighted by Crippen LogP contribution is -2.55. The number of aliphatic carboxylic acids is 1. The summed E-state index contributed by atoms with van der Waals surface area (Å²) in [6.07, 6.45) is 0.865. The van der Waals surface area contributed by atoms with E-state index in [9.17, 15) is 24.3 Å². The van der Waals surface area contributed by atoms with E-state index in [-0.39, 0.29) is 11.8 Å². The van der Waals surface area contributed by atoms with Crippen molar-refractivity contribution in [2.75, 3.05) is 13.2 Å². The van der Waals surface area contributed by atoms with Gasteiger partial charge in [-0.3, -0.25) is 14.4 Å². The summed E-state index contributed by atoms with van der Waals surface area (Å²) in [4.78, 5) is 47.4. The summed E-state index contributed by atoms with van der Waals surface area (Å²) in [7, 11) is 0. The predicted molar refractivity (Wildman–Crippen MR) is 98.5 cm³/mol. The number of hydrogen-bond donors (Lipinski definition) is 6. The lowest BCUT2D eigenvalue weighted by atomic mass is 9.97. The van der Waals surface area contributed by atoms with Crippen molar-refractivity contribution in [3.63, 3.8) is 0 Å². The van der Waals surface area contributed by atoms with E-state index in [4.69, 9.17) is 10.8 Å². The molecule has 10 nitrogen and oxygen atoms in total. The van der Waals surface area contributed by atoms with Crippen LogP contribution in [0.25, 0.3) is 0 Å². The third-order valence-electron chi connectivity index (χ3n) is 4.09. The van der Waals surface area contributed by atoms with Crippen LogP contribution in [0.5, 0.6) is 0 Å². The van der Waals surface area contributed by atoms with Crippen LogP contribution in [-0.4, -0.2) is 65.2 Å². The molecule has 10 heteroatoms. The molecule has 27 heavy (non-hydrogen) atoms. The Bertz CT molecular complexity index is 526. The number of aliphatic hydroxyl groups excluding tert-OH is 1. The van der Waals surface area contributed by atoms with Gasteiger partial charge in [0.05, 0.1) is 13.2 Å². The topological polar surface area (TPSA) is 171 Å². The van der Waals surface area contributed by atoms with Crippen molar-refractivity contribution in [3.05, 3.63) is 0 Å². The first-order valence-electron chi connectivity index (χ1n) is 9.00. The Kier molecular flexibility index (Phi) is 11.2. The maximum absolute atomic E-state index is 12.5. The zero-order chi connectivity index (χ0) is 21.1. The maximum Gasteiger partial charge on any atom is 0.326 e. The Morgan fingerprint density at radius 2 is 1.63 bits per heavy atom. The molecule has 0 aromatic carbocycles. The molecule has 3 amide bonds. The SMILES string of the molecule is CCC(C)C(NC(=O)C(CC(C)C)NC(=O)CNC(=O)C(N)CO)C(=O)O. The molecule has 0 fully saturated rings. The average Bonchev–Trinajstić information content (AvgIpc) is 2.61. The lowest BCUT2D eigenvalue weighted by molar-refractivity contribution is -0.143. The van der Waals surface area contributed by atoms with Gasteiger partial charge in [0.1, 0.15) is 18.1 Å². The molecule has 0 spiro atoms. The Morgan fingerprint density at radius 3 is 2.07 bits per heavy atom. The van der Waals surface area contributed by atoms with Gasteiger partial charge in [-0.05, 0) is 18.3 Å². The van der Waals surface area contributed by atoms with Crippen LogP contribution in [0.2, 0.25) is 0 Å². The van der Waals surface area contributed by atoms with Crippen LogP contribution in [-0.2, 0) is 19.2 Å². The van der Waals surface area contributed by atoms with Gasteiger partial charge in [-0.25, -0.2) is 4.79 Å². The van der Waals surface area contributed by atoms with Crippen LogP contribution in [0, 0.1) is 11.8 Å². The fraction of sp³-hybridized carbons (Fsp3) is 0.765. The van der Waals surface area contributed by atoms with E-state index in [2.05, 4.69) is 16.0 Å². The largest absolute Gasteiger partial charge is 0.480 e. The first-order chi connectivity index (χ1) is 12.5. The molecule has 0 rings (SSSR count). The Morgan fingerprint density at radius 1 is 1.04 bits per heavy atom. The van der Waals surface area contributed by atoms with Gasteiger partial charge in [-0.15, -0.1) is 0 Å². The number of rotatable bonds is 12. The minimum atomic E-state index is -1.14. The summed E-state index contributed by atoms with van der Waals surface area (Å²) in [5, 5.41) is 25.3. The first kappa shape index (κ1) is 24.8. The number of carboxylic acid groups (broad SMARTS) is 1. The number of nitrogens with one attached hydrogen (secondary N) is 3. The molecule has 0 bridgehead atoms. The van der Waals surface area contributed by atoms with Gasteiger partial charge in [0.2, 0.25) is 17.7 Å². The standard InChI is InChI=1S/C17H32N4O6/c1-5-10(4)14(17(26)27)21-16(25)12(6-9(2)3)20-13(23)7-19-15(24)11(18)8-22/h9-12,14,22H,5-8,18H2,1-4H3,(H,19,24)(H,20,23)(H,21,25)(H,26,27). The van der Waals surface area contributed by atoms with Gasteiger partial charge < -0.3 is 31.9 Å². The fourth-order valence-electron chi connectivity index (χ4n) is 2.27. The highest BCUT2D eigenvalue weighted by atomic mass is 16.4. The Hall–Kier alpha value is -2.20. The van der Waals surface area contributed by atoms with Crippen molar-refractivity contribution < 1.29 is 29.4 Å². The van der Waals surface area contributed by atoms with E-state index in [1.165, 1.54) is 0 Å². The number of aliphatic hydroxyl groups is 1. The van der Waals surface area contributed by atoms with E-state index >= 15 is 0 Å².